The first-order valence-electron chi connectivity index (χ1n) is 1.47. The predicted octanol–water partition coefficient (Wildman–Crippen LogP) is -3.85. The molecule has 0 heterocycles. The second-order valence-corrected chi connectivity index (χ2v) is 0.726. The molecule has 0 N–H and O–H groups in total. The van der Waals surface area contributed by atoms with Crippen LogP contribution in [-0.2, 0) is 4.79 Å². The van der Waals surface area contributed by atoms with Crippen LogP contribution in [0.1, 0.15) is 13.3 Å². The van der Waals surface area contributed by atoms with E-state index in [-0.39, 0.29) is 64.6 Å². The van der Waals surface area contributed by atoms with E-state index in [0.29, 0.717) is 0 Å². The maximum atomic E-state index is 9.26. The van der Waals surface area contributed by atoms with Crippen molar-refractivity contribution >= 4 is 5.97 Å². The molecule has 0 rings (SSSR count). The molecule has 0 aromatic heterocycles. The molecule has 6 heavy (non-hydrogen) atoms. The van der Waals surface area contributed by atoms with Gasteiger partial charge in [-0.2, -0.15) is 0 Å². The zero-order valence-corrected chi connectivity index (χ0v) is 8.94. The Balaban J connectivity index is 0. The Morgan fingerprint density at radius 2 is 2.00 bits per heavy atom. The van der Waals surface area contributed by atoms with Gasteiger partial charge in [0.05, 0.1) is 0 Å². The minimum Gasteiger partial charge on any atom is -0.550 e. The molecular formula is C3H5O2Rb. The van der Waals surface area contributed by atoms with Crippen LogP contribution < -0.4 is 63.3 Å². The Kier molecular flexibility index (Phi) is 10.8. The van der Waals surface area contributed by atoms with E-state index in [1.807, 2.05) is 0 Å². The van der Waals surface area contributed by atoms with Gasteiger partial charge in [-0.25, -0.2) is 0 Å². The largest absolute Gasteiger partial charge is 1.00 e. The number of hydrogen-bond donors (Lipinski definition) is 0. The van der Waals surface area contributed by atoms with Crippen LogP contribution in [0.15, 0.2) is 0 Å². The normalized spacial score (nSPS) is 6.17. The SMILES string of the molecule is CCC(=O)[O-].[Rb+]. The number of rotatable bonds is 1. The minimum atomic E-state index is -0.995. The molecule has 0 bridgehead atoms. The van der Waals surface area contributed by atoms with Gasteiger partial charge in [-0.1, -0.05) is 6.92 Å². The van der Waals surface area contributed by atoms with Crippen molar-refractivity contribution in [1.29, 1.82) is 0 Å². The molecule has 0 aliphatic rings. The van der Waals surface area contributed by atoms with E-state index in [0.717, 1.165) is 0 Å². The quantitative estimate of drug-likeness (QED) is 0.392. The number of carboxylic acids is 1. The van der Waals surface area contributed by atoms with E-state index in [4.69, 9.17) is 0 Å². The van der Waals surface area contributed by atoms with E-state index in [9.17, 15) is 9.90 Å². The summed E-state index contributed by atoms with van der Waals surface area (Å²) < 4.78 is 0. The van der Waals surface area contributed by atoms with Crippen molar-refractivity contribution in [1.82, 2.24) is 0 Å². The van der Waals surface area contributed by atoms with E-state index >= 15 is 0 Å². The number of carbonyl (C=O) groups is 1. The van der Waals surface area contributed by atoms with Gasteiger partial charge in [0.25, 0.3) is 0 Å². The van der Waals surface area contributed by atoms with Crippen molar-refractivity contribution in [3.63, 3.8) is 0 Å². The predicted molar refractivity (Wildman–Crippen MR) is 15.3 cm³/mol. The first-order valence-corrected chi connectivity index (χ1v) is 1.47. The van der Waals surface area contributed by atoms with Crippen molar-refractivity contribution in [3.05, 3.63) is 0 Å². The molecule has 0 saturated carbocycles. The monoisotopic (exact) mass is 158 g/mol. The molecule has 0 atom stereocenters. The summed E-state index contributed by atoms with van der Waals surface area (Å²) in [5.41, 5.74) is 0. The summed E-state index contributed by atoms with van der Waals surface area (Å²) in [5, 5.41) is 9.26. The second kappa shape index (κ2) is 6.28. The molecule has 0 spiro atoms. The van der Waals surface area contributed by atoms with Gasteiger partial charge in [0.1, 0.15) is 0 Å². The summed E-state index contributed by atoms with van der Waals surface area (Å²) in [4.78, 5) is 9.26. The summed E-state index contributed by atoms with van der Waals surface area (Å²) in [7, 11) is 0. The molecule has 3 heteroatoms. The van der Waals surface area contributed by atoms with Crippen molar-refractivity contribution in [3.8, 4) is 0 Å². The maximum absolute atomic E-state index is 9.26. The van der Waals surface area contributed by atoms with Crippen LogP contribution in [0.4, 0.5) is 0 Å². The van der Waals surface area contributed by atoms with E-state index in [2.05, 4.69) is 0 Å². The van der Waals surface area contributed by atoms with Gasteiger partial charge in [-0.15, -0.1) is 0 Å². The number of carbonyl (C=O) groups excluding carboxylic acids is 1. The topological polar surface area (TPSA) is 40.1 Å². The molecule has 30 valence electrons. The van der Waals surface area contributed by atoms with Gasteiger partial charge >= 0.3 is 58.2 Å². The number of aliphatic carboxylic acids is 1. The van der Waals surface area contributed by atoms with Gasteiger partial charge in [-0.3, -0.25) is 0 Å². The van der Waals surface area contributed by atoms with Gasteiger partial charge in [0.2, 0.25) is 0 Å². The molecule has 0 unspecified atom stereocenters. The molecule has 0 saturated heterocycles. The fourth-order valence-corrected chi connectivity index (χ4v) is 0. The molecule has 0 amide bonds. The van der Waals surface area contributed by atoms with Crippen LogP contribution in [0, 0.1) is 0 Å². The third kappa shape index (κ3) is 8.99. The fourth-order valence-electron chi connectivity index (χ4n) is 0. The average molecular weight is 159 g/mol. The van der Waals surface area contributed by atoms with Crippen LogP contribution in [-0.4, -0.2) is 5.97 Å². The second-order valence-electron chi connectivity index (χ2n) is 0.726. The Hall–Kier alpha value is 1.28. The van der Waals surface area contributed by atoms with Crippen LogP contribution >= 0.6 is 0 Å². The van der Waals surface area contributed by atoms with Gasteiger partial charge in [0.15, 0.2) is 0 Å². The molecular weight excluding hydrogens is 153 g/mol. The minimum absolute atomic E-state index is 0. The van der Waals surface area contributed by atoms with Crippen LogP contribution in [0.2, 0.25) is 0 Å². The van der Waals surface area contributed by atoms with E-state index in [1.165, 1.54) is 6.92 Å². The fraction of sp³-hybridized carbons (Fsp3) is 0.667. The Bertz CT molecular complexity index is 44.1. The molecule has 2 nitrogen and oxygen atoms in total. The first kappa shape index (κ1) is 10.3. The summed E-state index contributed by atoms with van der Waals surface area (Å²) >= 11 is 0. The van der Waals surface area contributed by atoms with Gasteiger partial charge in [0, 0.05) is 5.97 Å². The standard InChI is InChI=1S/C3H6O2.Rb/c1-2-3(4)5;/h2H2,1H3,(H,4,5);/q;+1/p-1. The van der Waals surface area contributed by atoms with E-state index in [1.54, 1.807) is 0 Å². The Labute approximate surface area is 85.7 Å². The zero-order valence-electron chi connectivity index (χ0n) is 4.02. The summed E-state index contributed by atoms with van der Waals surface area (Å²) in [6.45, 7) is 1.54. The molecule has 0 aliphatic heterocycles. The van der Waals surface area contributed by atoms with Gasteiger partial charge < -0.3 is 9.90 Å². The first-order chi connectivity index (χ1) is 2.27. The number of carboxylic acid groups (broad SMARTS) is 1. The third-order valence-corrected chi connectivity index (χ3v) is 0.289. The average Bonchev–Trinajstić information content (AvgIpc) is 1.38. The molecule has 0 radical (unpaired) electrons. The van der Waals surface area contributed by atoms with Crippen LogP contribution in [0.25, 0.3) is 0 Å². The van der Waals surface area contributed by atoms with Crippen molar-refractivity contribution < 1.29 is 68.1 Å². The number of hydrogen-bond acceptors (Lipinski definition) is 2. The third-order valence-electron chi connectivity index (χ3n) is 0.289. The van der Waals surface area contributed by atoms with Crippen LogP contribution in [0.5, 0.6) is 0 Å². The Morgan fingerprint density at radius 1 is 1.83 bits per heavy atom. The molecule has 0 fully saturated rings. The molecule has 0 aromatic rings. The summed E-state index contributed by atoms with van der Waals surface area (Å²) in [6, 6.07) is 0. The summed E-state index contributed by atoms with van der Waals surface area (Å²) in [6.07, 6.45) is 0.111. The van der Waals surface area contributed by atoms with E-state index < -0.39 is 5.97 Å². The smallest absolute Gasteiger partial charge is 0.550 e. The summed E-state index contributed by atoms with van der Waals surface area (Å²) in [5.74, 6) is -0.995. The zero-order chi connectivity index (χ0) is 4.28. The molecule has 0 aromatic carbocycles. The van der Waals surface area contributed by atoms with Crippen molar-refractivity contribution in [2.75, 3.05) is 0 Å². The molecule has 0 aliphatic carbocycles. The Morgan fingerprint density at radius 3 is 2.00 bits per heavy atom. The van der Waals surface area contributed by atoms with Crippen LogP contribution in [0.3, 0.4) is 0 Å². The van der Waals surface area contributed by atoms with Crippen molar-refractivity contribution in [2.24, 2.45) is 0 Å². The van der Waals surface area contributed by atoms with Crippen molar-refractivity contribution in [2.45, 2.75) is 13.3 Å². The maximum Gasteiger partial charge on any atom is 1.00 e. The van der Waals surface area contributed by atoms with Gasteiger partial charge in [-0.05, 0) is 6.42 Å².